The first-order chi connectivity index (χ1) is 15.7. The van der Waals surface area contributed by atoms with Gasteiger partial charge >= 0.3 is 0 Å². The molecular weight excluding hydrogens is 434 g/mol. The molecule has 4 rings (SSSR count). The van der Waals surface area contributed by atoms with E-state index in [1.165, 1.54) is 0 Å². The van der Waals surface area contributed by atoms with Crippen LogP contribution in [0.15, 0.2) is 91.0 Å². The van der Waals surface area contributed by atoms with Gasteiger partial charge in [-0.25, -0.2) is 0 Å². The van der Waals surface area contributed by atoms with Gasteiger partial charge in [-0.05, 0) is 48.4 Å². The number of halogens is 1. The van der Waals surface area contributed by atoms with Crippen LogP contribution in [-0.4, -0.2) is 29.1 Å². The molecule has 0 unspecified atom stereocenters. The van der Waals surface area contributed by atoms with Crippen LogP contribution >= 0.6 is 12.4 Å². The van der Waals surface area contributed by atoms with Crippen molar-refractivity contribution in [1.29, 1.82) is 0 Å². The third kappa shape index (κ3) is 6.86. The summed E-state index contributed by atoms with van der Waals surface area (Å²) in [4.78, 5) is 17.2. The van der Waals surface area contributed by atoms with Crippen LogP contribution in [0.25, 0.3) is 10.9 Å². The Morgan fingerprint density at radius 3 is 2.33 bits per heavy atom. The Balaban J connectivity index is 0.00000306. The summed E-state index contributed by atoms with van der Waals surface area (Å²) < 4.78 is 0. The van der Waals surface area contributed by atoms with Gasteiger partial charge in [0.05, 0.1) is 23.7 Å². The van der Waals surface area contributed by atoms with E-state index in [1.807, 2.05) is 84.9 Å². The maximum absolute atomic E-state index is 12.5. The van der Waals surface area contributed by atoms with Crippen molar-refractivity contribution in [3.63, 3.8) is 0 Å². The molecule has 0 fully saturated rings. The second kappa shape index (κ2) is 12.1. The number of fused-ring (bicyclic) bond motifs is 1. The molecule has 170 valence electrons. The van der Waals surface area contributed by atoms with Gasteiger partial charge in [-0.2, -0.15) is 0 Å². The highest BCUT2D eigenvalue weighted by Gasteiger charge is 2.11. The third-order valence-corrected chi connectivity index (χ3v) is 5.35. The Kier molecular flexibility index (Phi) is 8.95. The number of hydrogen-bond acceptors (Lipinski definition) is 4. The number of aromatic nitrogens is 1. The molecular formula is C27H28ClN3O2. The molecule has 0 spiro atoms. The summed E-state index contributed by atoms with van der Waals surface area (Å²) in [6.45, 7) is 1.20. The van der Waals surface area contributed by atoms with Crippen molar-refractivity contribution in [3.05, 3.63) is 108 Å². The van der Waals surface area contributed by atoms with Crippen molar-refractivity contribution < 1.29 is 9.90 Å². The lowest BCUT2D eigenvalue weighted by Gasteiger charge is -2.13. The number of hydrogen-bond donors (Lipinski definition) is 3. The van der Waals surface area contributed by atoms with Crippen LogP contribution in [0.3, 0.4) is 0 Å². The molecule has 3 N–H and O–H groups in total. The lowest BCUT2D eigenvalue weighted by Crippen LogP contribution is -2.24. The number of nitrogens with zero attached hydrogens (tertiary/aromatic N) is 1. The summed E-state index contributed by atoms with van der Waals surface area (Å²) in [6.07, 6.45) is 0.452. The van der Waals surface area contributed by atoms with Gasteiger partial charge in [0, 0.05) is 17.6 Å². The first-order valence-corrected chi connectivity index (χ1v) is 10.9. The molecule has 0 saturated carbocycles. The minimum Gasteiger partial charge on any atom is -0.387 e. The molecule has 1 heterocycles. The number of nitrogens with one attached hydrogen (secondary N) is 2. The van der Waals surface area contributed by atoms with Crippen LogP contribution in [0.1, 0.15) is 22.9 Å². The summed E-state index contributed by atoms with van der Waals surface area (Å²) in [7, 11) is 0. The number of anilines is 1. The lowest BCUT2D eigenvalue weighted by atomic mass is 10.0. The minimum atomic E-state index is -0.539. The predicted molar refractivity (Wildman–Crippen MR) is 136 cm³/mol. The number of aliphatic hydroxyl groups excluding tert-OH is 1. The van der Waals surface area contributed by atoms with Crippen molar-refractivity contribution >= 4 is 34.9 Å². The van der Waals surface area contributed by atoms with Gasteiger partial charge in [-0.3, -0.25) is 9.78 Å². The number of benzene rings is 3. The number of pyridine rings is 1. The largest absolute Gasteiger partial charge is 0.387 e. The van der Waals surface area contributed by atoms with Crippen molar-refractivity contribution in [2.24, 2.45) is 0 Å². The molecule has 0 radical (unpaired) electrons. The van der Waals surface area contributed by atoms with Crippen LogP contribution in [0.5, 0.6) is 0 Å². The summed E-state index contributed by atoms with van der Waals surface area (Å²) >= 11 is 0. The monoisotopic (exact) mass is 461 g/mol. The van der Waals surface area contributed by atoms with Crippen molar-refractivity contribution in [2.75, 3.05) is 18.4 Å². The molecule has 0 aliphatic carbocycles. The Morgan fingerprint density at radius 2 is 1.58 bits per heavy atom. The maximum atomic E-state index is 12.5. The molecule has 0 bridgehead atoms. The molecule has 33 heavy (non-hydrogen) atoms. The van der Waals surface area contributed by atoms with Gasteiger partial charge in [0.1, 0.15) is 0 Å². The summed E-state index contributed by atoms with van der Waals surface area (Å²) in [6, 6.07) is 29.1. The number of carbonyl (C=O) groups excluding carboxylic acids is 1. The van der Waals surface area contributed by atoms with Gasteiger partial charge < -0.3 is 15.7 Å². The zero-order valence-electron chi connectivity index (χ0n) is 18.3. The van der Waals surface area contributed by atoms with Crippen LogP contribution in [0.2, 0.25) is 0 Å². The number of aliphatic hydroxyl groups is 1. The second-order valence-corrected chi connectivity index (χ2v) is 7.76. The van der Waals surface area contributed by atoms with E-state index in [-0.39, 0.29) is 24.7 Å². The van der Waals surface area contributed by atoms with Crippen LogP contribution < -0.4 is 10.6 Å². The van der Waals surface area contributed by atoms with Crippen LogP contribution in [-0.2, 0) is 17.6 Å². The van der Waals surface area contributed by atoms with Gasteiger partial charge in [-0.15, -0.1) is 12.4 Å². The highest BCUT2D eigenvalue weighted by molar-refractivity contribution is 5.92. The molecule has 4 aromatic rings. The van der Waals surface area contributed by atoms with E-state index in [0.29, 0.717) is 13.1 Å². The average Bonchev–Trinajstić information content (AvgIpc) is 2.82. The number of amides is 1. The van der Waals surface area contributed by atoms with E-state index in [4.69, 9.17) is 4.98 Å². The molecule has 5 nitrogen and oxygen atoms in total. The molecule has 1 atom stereocenters. The Hall–Kier alpha value is -3.25. The fourth-order valence-corrected chi connectivity index (χ4v) is 3.75. The zero-order chi connectivity index (χ0) is 22.2. The molecule has 1 aromatic heterocycles. The smallest absolute Gasteiger partial charge is 0.230 e. The maximum Gasteiger partial charge on any atom is 0.230 e. The fraction of sp³-hybridized carbons (Fsp3) is 0.185. The number of rotatable bonds is 9. The van der Waals surface area contributed by atoms with E-state index in [0.717, 1.165) is 39.8 Å². The van der Waals surface area contributed by atoms with Crippen molar-refractivity contribution in [1.82, 2.24) is 10.3 Å². The van der Waals surface area contributed by atoms with Crippen molar-refractivity contribution in [2.45, 2.75) is 18.9 Å². The SMILES string of the molecule is Cl.O=C(Cc1cc(CCNC[C@H](O)c2ccccc2)c2ccccc2n1)Nc1ccccc1. The van der Waals surface area contributed by atoms with Crippen LogP contribution in [0, 0.1) is 0 Å². The zero-order valence-corrected chi connectivity index (χ0v) is 19.1. The van der Waals surface area contributed by atoms with Crippen molar-refractivity contribution in [3.8, 4) is 0 Å². The van der Waals surface area contributed by atoms with Gasteiger partial charge in [0.2, 0.25) is 5.91 Å². The number of carbonyl (C=O) groups is 1. The quantitative estimate of drug-likeness (QED) is 0.316. The second-order valence-electron chi connectivity index (χ2n) is 7.76. The molecule has 0 aliphatic heterocycles. The van der Waals surface area contributed by atoms with Gasteiger partial charge in [-0.1, -0.05) is 66.7 Å². The topological polar surface area (TPSA) is 74.2 Å². The molecule has 3 aromatic carbocycles. The third-order valence-electron chi connectivity index (χ3n) is 5.35. The Morgan fingerprint density at radius 1 is 0.909 bits per heavy atom. The van der Waals surface area contributed by atoms with E-state index in [9.17, 15) is 9.90 Å². The summed E-state index contributed by atoms with van der Waals surface area (Å²) in [5, 5.41) is 17.7. The molecule has 1 amide bonds. The Labute approximate surface area is 200 Å². The minimum absolute atomic E-state index is 0. The highest BCUT2D eigenvalue weighted by atomic mass is 35.5. The summed E-state index contributed by atoms with van der Waals surface area (Å²) in [5.74, 6) is -0.0889. The Bertz CT molecular complexity index is 1170. The normalized spacial score (nSPS) is 11.5. The first-order valence-electron chi connectivity index (χ1n) is 10.9. The average molecular weight is 462 g/mol. The number of para-hydroxylation sites is 2. The van der Waals surface area contributed by atoms with Crippen LogP contribution in [0.4, 0.5) is 5.69 Å². The fourth-order valence-electron chi connectivity index (χ4n) is 3.75. The lowest BCUT2D eigenvalue weighted by molar-refractivity contribution is -0.115. The van der Waals surface area contributed by atoms with E-state index < -0.39 is 6.10 Å². The van der Waals surface area contributed by atoms with E-state index in [1.54, 1.807) is 0 Å². The van der Waals surface area contributed by atoms with Gasteiger partial charge in [0.15, 0.2) is 0 Å². The summed E-state index contributed by atoms with van der Waals surface area (Å²) in [5.41, 5.74) is 4.45. The molecule has 6 heteroatoms. The standard InChI is InChI=1S/C27H27N3O2.ClH/c31-26(20-9-3-1-4-10-20)19-28-16-15-21-17-23(29-25-14-8-7-13-24(21)25)18-27(32)30-22-11-5-2-6-12-22;/h1-14,17,26,28,31H,15-16,18-19H2,(H,30,32);1H/t26-;/m0./s1. The van der Waals surface area contributed by atoms with E-state index >= 15 is 0 Å². The first kappa shape index (κ1) is 24.4. The molecule has 0 aliphatic rings. The predicted octanol–water partition coefficient (Wildman–Crippen LogP) is 4.70. The highest BCUT2D eigenvalue weighted by Crippen LogP contribution is 2.20. The van der Waals surface area contributed by atoms with Gasteiger partial charge in [0.25, 0.3) is 0 Å². The molecule has 0 saturated heterocycles. The van der Waals surface area contributed by atoms with E-state index in [2.05, 4.69) is 16.7 Å².